The molecule has 0 spiro atoms. The average Bonchev–Trinajstić information content (AvgIpc) is 2.18. The van der Waals surface area contributed by atoms with Gasteiger partial charge in [-0.3, -0.25) is 0 Å². The van der Waals surface area contributed by atoms with Crippen LogP contribution < -0.4 is 0 Å². The van der Waals surface area contributed by atoms with Gasteiger partial charge in [-0.15, -0.1) is 23.5 Å². The van der Waals surface area contributed by atoms with Crippen molar-refractivity contribution in [3.8, 4) is 0 Å². The van der Waals surface area contributed by atoms with Crippen LogP contribution in [0.1, 0.15) is 30.9 Å². The smallest absolute Gasteiger partial charge is 0.0246 e. The van der Waals surface area contributed by atoms with Crippen molar-refractivity contribution >= 4 is 23.5 Å². The summed E-state index contributed by atoms with van der Waals surface area (Å²) in [7, 11) is 0. The number of thioether (sulfide) groups is 2. The summed E-state index contributed by atoms with van der Waals surface area (Å²) < 4.78 is 0. The van der Waals surface area contributed by atoms with Gasteiger partial charge in [0.15, 0.2) is 0 Å². The zero-order chi connectivity index (χ0) is 10.1. The third-order valence-electron chi connectivity index (χ3n) is 2.54. The summed E-state index contributed by atoms with van der Waals surface area (Å²) in [5, 5.41) is 0. The molecular formula is C12H16S2. The Morgan fingerprint density at radius 2 is 1.71 bits per heavy atom. The molecule has 0 fully saturated rings. The monoisotopic (exact) mass is 224 g/mol. The summed E-state index contributed by atoms with van der Waals surface area (Å²) in [6, 6.07) is 4.57. The minimum Gasteiger partial charge on any atom is -0.124 e. The lowest BCUT2D eigenvalue weighted by atomic mass is 10.0. The average molecular weight is 224 g/mol. The van der Waals surface area contributed by atoms with E-state index in [-0.39, 0.29) is 0 Å². The van der Waals surface area contributed by atoms with Crippen molar-refractivity contribution in [1.29, 1.82) is 0 Å². The zero-order valence-electron chi connectivity index (χ0n) is 8.96. The van der Waals surface area contributed by atoms with Crippen molar-refractivity contribution in [1.82, 2.24) is 0 Å². The molecule has 0 bridgehead atoms. The largest absolute Gasteiger partial charge is 0.124 e. The van der Waals surface area contributed by atoms with Gasteiger partial charge in [0.2, 0.25) is 0 Å². The van der Waals surface area contributed by atoms with Gasteiger partial charge in [0.25, 0.3) is 0 Å². The van der Waals surface area contributed by atoms with Crippen LogP contribution >= 0.6 is 23.5 Å². The van der Waals surface area contributed by atoms with Gasteiger partial charge in [-0.05, 0) is 24.0 Å². The Labute approximate surface area is 94.9 Å². The van der Waals surface area contributed by atoms with E-state index in [9.17, 15) is 0 Å². The molecule has 0 atom stereocenters. The van der Waals surface area contributed by atoms with E-state index >= 15 is 0 Å². The highest BCUT2D eigenvalue weighted by Gasteiger charge is 2.17. The molecule has 0 amide bonds. The minimum absolute atomic E-state index is 0.649. The first-order valence-corrected chi connectivity index (χ1v) is 7.06. The molecule has 1 aromatic carbocycles. The fraction of sp³-hybridized carbons (Fsp3) is 0.500. The highest BCUT2D eigenvalue weighted by atomic mass is 32.2. The summed E-state index contributed by atoms with van der Waals surface area (Å²) in [6.07, 6.45) is 0. The number of benzene rings is 1. The molecule has 2 rings (SSSR count). The Morgan fingerprint density at radius 1 is 1.07 bits per heavy atom. The lowest BCUT2D eigenvalue weighted by Crippen LogP contribution is -2.01. The second-order valence-corrected chi connectivity index (χ2v) is 6.19. The molecule has 0 radical (unpaired) electrons. The summed E-state index contributed by atoms with van der Waals surface area (Å²) >= 11 is 4.06. The normalized spacial score (nSPS) is 15.7. The molecule has 0 saturated carbocycles. The molecule has 0 N–H and O–H groups in total. The maximum atomic E-state index is 2.30. The van der Waals surface area contributed by atoms with Crippen LogP contribution in [0.2, 0.25) is 0 Å². The van der Waals surface area contributed by atoms with E-state index in [0.29, 0.717) is 5.92 Å². The molecule has 1 aromatic rings. The minimum atomic E-state index is 0.649. The first-order valence-electron chi connectivity index (χ1n) is 5.09. The molecule has 1 heterocycles. The summed E-state index contributed by atoms with van der Waals surface area (Å²) in [6.45, 7) is 6.79. The topological polar surface area (TPSA) is 0 Å². The van der Waals surface area contributed by atoms with Crippen molar-refractivity contribution in [2.24, 2.45) is 0 Å². The lowest BCUT2D eigenvalue weighted by molar-refractivity contribution is 0.826. The van der Waals surface area contributed by atoms with Gasteiger partial charge in [-0.1, -0.05) is 26.0 Å². The maximum absolute atomic E-state index is 2.30. The Hall–Kier alpha value is -0.0800. The predicted octanol–water partition coefficient (Wildman–Crippen LogP) is 4.32. The van der Waals surface area contributed by atoms with E-state index in [1.165, 1.54) is 27.5 Å². The molecule has 0 unspecified atom stereocenters. The van der Waals surface area contributed by atoms with Crippen LogP contribution in [0.25, 0.3) is 0 Å². The van der Waals surface area contributed by atoms with Crippen LogP contribution in [0.3, 0.4) is 0 Å². The Balaban J connectivity index is 2.53. The van der Waals surface area contributed by atoms with E-state index < -0.39 is 0 Å². The van der Waals surface area contributed by atoms with Crippen molar-refractivity contribution in [3.63, 3.8) is 0 Å². The molecule has 2 heteroatoms. The summed E-state index contributed by atoms with van der Waals surface area (Å²) in [4.78, 5) is 3.09. The van der Waals surface area contributed by atoms with E-state index in [2.05, 4.69) is 32.9 Å². The van der Waals surface area contributed by atoms with E-state index in [0.717, 1.165) is 0 Å². The van der Waals surface area contributed by atoms with Crippen LogP contribution in [0.15, 0.2) is 21.9 Å². The lowest BCUT2D eigenvalue weighted by Gasteiger charge is -2.22. The number of fused-ring (bicyclic) bond motifs is 1. The molecule has 1 aliphatic heterocycles. The third kappa shape index (κ3) is 1.82. The van der Waals surface area contributed by atoms with Crippen molar-refractivity contribution in [3.05, 3.63) is 23.3 Å². The standard InChI is InChI=1S/C12H16S2/c1-8(2)10-5-4-9(3)11-12(10)14-7-6-13-11/h4-5,8H,6-7H2,1-3H3. The van der Waals surface area contributed by atoms with Crippen LogP contribution in [-0.4, -0.2) is 11.5 Å². The molecule has 0 aliphatic carbocycles. The number of rotatable bonds is 1. The second kappa shape index (κ2) is 4.19. The summed E-state index contributed by atoms with van der Waals surface area (Å²) in [5.41, 5.74) is 2.98. The highest BCUT2D eigenvalue weighted by Crippen LogP contribution is 2.42. The van der Waals surface area contributed by atoms with Gasteiger partial charge in [0.05, 0.1) is 0 Å². The van der Waals surface area contributed by atoms with Crippen molar-refractivity contribution in [2.75, 3.05) is 11.5 Å². The van der Waals surface area contributed by atoms with Crippen LogP contribution in [0.5, 0.6) is 0 Å². The first-order chi connectivity index (χ1) is 6.70. The van der Waals surface area contributed by atoms with Crippen molar-refractivity contribution < 1.29 is 0 Å². The molecule has 76 valence electrons. The van der Waals surface area contributed by atoms with E-state index in [1.807, 2.05) is 23.5 Å². The predicted molar refractivity (Wildman–Crippen MR) is 66.7 cm³/mol. The fourth-order valence-corrected chi connectivity index (χ4v) is 4.48. The molecule has 0 saturated heterocycles. The van der Waals surface area contributed by atoms with Crippen molar-refractivity contribution in [2.45, 2.75) is 36.5 Å². The van der Waals surface area contributed by atoms with Gasteiger partial charge in [-0.2, -0.15) is 0 Å². The van der Waals surface area contributed by atoms with Gasteiger partial charge < -0.3 is 0 Å². The fourth-order valence-electron chi connectivity index (χ4n) is 1.75. The Bertz CT molecular complexity index is 342. The number of aryl methyl sites for hydroxylation is 1. The Morgan fingerprint density at radius 3 is 2.36 bits per heavy atom. The SMILES string of the molecule is Cc1ccc(C(C)C)c2c1SCCS2. The van der Waals surface area contributed by atoms with Gasteiger partial charge in [0.1, 0.15) is 0 Å². The molecule has 0 nitrogen and oxygen atoms in total. The number of hydrogen-bond donors (Lipinski definition) is 0. The van der Waals surface area contributed by atoms with E-state index in [1.54, 1.807) is 4.90 Å². The molecule has 14 heavy (non-hydrogen) atoms. The quantitative estimate of drug-likeness (QED) is 0.697. The van der Waals surface area contributed by atoms with Gasteiger partial charge >= 0.3 is 0 Å². The highest BCUT2D eigenvalue weighted by molar-refractivity contribution is 8.05. The maximum Gasteiger partial charge on any atom is 0.0246 e. The second-order valence-electron chi connectivity index (χ2n) is 3.98. The van der Waals surface area contributed by atoms with Crippen LogP contribution in [0, 0.1) is 6.92 Å². The van der Waals surface area contributed by atoms with Gasteiger partial charge in [-0.25, -0.2) is 0 Å². The Kier molecular flexibility index (Phi) is 3.13. The first kappa shape index (κ1) is 10.4. The zero-order valence-corrected chi connectivity index (χ0v) is 10.6. The van der Waals surface area contributed by atoms with E-state index in [4.69, 9.17) is 0 Å². The van der Waals surface area contributed by atoms with Gasteiger partial charge in [0, 0.05) is 21.3 Å². The third-order valence-corrected chi connectivity index (χ3v) is 5.29. The molecule has 1 aliphatic rings. The van der Waals surface area contributed by atoms with Crippen LogP contribution in [0.4, 0.5) is 0 Å². The summed E-state index contributed by atoms with van der Waals surface area (Å²) in [5.74, 6) is 3.18. The van der Waals surface area contributed by atoms with Crippen LogP contribution in [-0.2, 0) is 0 Å². The molecule has 0 aromatic heterocycles. The number of hydrogen-bond acceptors (Lipinski definition) is 2. The molecular weight excluding hydrogens is 208 g/mol.